The number of hydrogen-bond donors (Lipinski definition) is 2. The van der Waals surface area contributed by atoms with E-state index in [0.717, 1.165) is 29.5 Å². The van der Waals surface area contributed by atoms with E-state index in [0.29, 0.717) is 33.7 Å². The Bertz CT molecular complexity index is 1800. The lowest BCUT2D eigenvalue weighted by Crippen LogP contribution is -2.24. The number of carbonyl (C=O) groups is 2. The van der Waals surface area contributed by atoms with Crippen molar-refractivity contribution >= 4 is 11.8 Å². The van der Waals surface area contributed by atoms with Crippen LogP contribution in [0.2, 0.25) is 0 Å². The predicted molar refractivity (Wildman–Crippen MR) is 147 cm³/mol. The van der Waals surface area contributed by atoms with E-state index in [-0.39, 0.29) is 17.6 Å². The number of rotatable bonds is 8. The van der Waals surface area contributed by atoms with E-state index in [4.69, 9.17) is 8.94 Å². The number of ketones is 1. The fourth-order valence-corrected chi connectivity index (χ4v) is 6.37. The zero-order valence-electron chi connectivity index (χ0n) is 22.1. The molecule has 1 spiro atoms. The average molecular weight is 548 g/mol. The number of fused-ring (bicyclic) bond motifs is 3. The first-order valence-electron chi connectivity index (χ1n) is 13.4. The number of benzene rings is 3. The van der Waals surface area contributed by atoms with Crippen LogP contribution in [0.3, 0.4) is 0 Å². The summed E-state index contributed by atoms with van der Waals surface area (Å²) in [5.41, 5.74) is 5.16. The van der Waals surface area contributed by atoms with Crippen molar-refractivity contribution in [2.45, 2.75) is 43.6 Å². The standard InChI is InChI=1S/C32H25N3O6/c1-17-24(28(39)31-34-33-30(40-31)19-10-6-3-7-11-19)29(41-35-17)25-21-13-12-20(18-8-4-2-5-9-18)27(25)32(14-15-32)26(21)22(36)16-23(37)38/h2-13,26,28,39H,14-16H2,1H3,(H,37,38). The summed E-state index contributed by atoms with van der Waals surface area (Å²) in [4.78, 5) is 25.0. The van der Waals surface area contributed by atoms with Gasteiger partial charge in [-0.25, -0.2) is 0 Å². The van der Waals surface area contributed by atoms with E-state index in [1.165, 1.54) is 0 Å². The number of nitrogens with zero attached hydrogens (tertiary/aromatic N) is 3. The van der Waals surface area contributed by atoms with Crippen molar-refractivity contribution in [3.05, 3.63) is 101 Å². The average Bonchev–Trinajstić information content (AvgIpc) is 3.35. The first-order valence-corrected chi connectivity index (χ1v) is 13.4. The first kappa shape index (κ1) is 25.1. The Labute approximate surface area is 234 Å². The van der Waals surface area contributed by atoms with Crippen LogP contribution >= 0.6 is 0 Å². The number of carboxylic acid groups (broad SMARTS) is 1. The number of Topliss-reactive ketones (excluding diaryl/α,β-unsaturated/α-hetero) is 1. The Morgan fingerprint density at radius 1 is 0.976 bits per heavy atom. The molecule has 0 amide bonds. The maximum atomic E-state index is 13.5. The van der Waals surface area contributed by atoms with Crippen LogP contribution < -0.4 is 0 Å². The van der Waals surface area contributed by atoms with Crippen LogP contribution in [0, 0.1) is 6.92 Å². The second kappa shape index (κ2) is 9.35. The normalized spacial score (nSPS) is 17.1. The van der Waals surface area contributed by atoms with Crippen molar-refractivity contribution in [2.24, 2.45) is 0 Å². The van der Waals surface area contributed by atoms with Gasteiger partial charge in [0, 0.05) is 16.5 Å². The lowest BCUT2D eigenvalue weighted by molar-refractivity contribution is -0.140. The highest BCUT2D eigenvalue weighted by atomic mass is 16.5. The van der Waals surface area contributed by atoms with Gasteiger partial charge in [0.15, 0.2) is 17.6 Å². The highest BCUT2D eigenvalue weighted by Crippen LogP contribution is 2.68. The largest absolute Gasteiger partial charge is 0.481 e. The number of aliphatic hydroxyl groups is 1. The van der Waals surface area contributed by atoms with Crippen molar-refractivity contribution in [1.29, 1.82) is 0 Å². The van der Waals surface area contributed by atoms with E-state index in [2.05, 4.69) is 15.4 Å². The number of aliphatic carboxylic acids is 1. The third kappa shape index (κ3) is 3.92. The summed E-state index contributed by atoms with van der Waals surface area (Å²) in [5, 5.41) is 33.4. The lowest BCUT2D eigenvalue weighted by atomic mass is 9.81. The molecule has 0 radical (unpaired) electrons. The summed E-state index contributed by atoms with van der Waals surface area (Å²) in [7, 11) is 0. The van der Waals surface area contributed by atoms with E-state index in [1.54, 1.807) is 6.92 Å². The fraction of sp³-hybridized carbons (Fsp3) is 0.219. The molecule has 2 N–H and O–H groups in total. The van der Waals surface area contributed by atoms with Gasteiger partial charge in [0.05, 0.1) is 17.2 Å². The summed E-state index contributed by atoms with van der Waals surface area (Å²) in [6.07, 6.45) is -0.444. The molecule has 3 aromatic carbocycles. The Kier molecular flexibility index (Phi) is 5.72. The minimum Gasteiger partial charge on any atom is -0.481 e. The van der Waals surface area contributed by atoms with Crippen LogP contribution in [-0.2, 0) is 15.0 Å². The Hall–Kier alpha value is -4.89. The second-order valence-corrected chi connectivity index (χ2v) is 10.7. The molecule has 2 aromatic heterocycles. The zero-order chi connectivity index (χ0) is 28.3. The molecule has 9 heteroatoms. The Balaban J connectivity index is 1.40. The van der Waals surface area contributed by atoms with Crippen molar-refractivity contribution in [3.8, 4) is 33.9 Å². The summed E-state index contributed by atoms with van der Waals surface area (Å²) in [6, 6.07) is 23.0. The molecule has 2 aliphatic rings. The van der Waals surface area contributed by atoms with E-state index < -0.39 is 29.8 Å². The molecule has 41 heavy (non-hydrogen) atoms. The van der Waals surface area contributed by atoms with Crippen LogP contribution in [-0.4, -0.2) is 37.3 Å². The molecule has 0 aliphatic heterocycles. The highest BCUT2D eigenvalue weighted by Gasteiger charge is 2.61. The fourth-order valence-electron chi connectivity index (χ4n) is 6.37. The molecule has 2 heterocycles. The van der Waals surface area contributed by atoms with E-state index in [9.17, 15) is 19.8 Å². The molecule has 2 bridgehead atoms. The van der Waals surface area contributed by atoms with Crippen LogP contribution in [0.4, 0.5) is 0 Å². The molecule has 0 saturated heterocycles. The van der Waals surface area contributed by atoms with Gasteiger partial charge < -0.3 is 19.2 Å². The Morgan fingerprint density at radius 2 is 1.66 bits per heavy atom. The number of carbonyl (C=O) groups excluding carboxylic acids is 1. The van der Waals surface area contributed by atoms with E-state index in [1.807, 2.05) is 72.8 Å². The predicted octanol–water partition coefficient (Wildman–Crippen LogP) is 5.62. The van der Waals surface area contributed by atoms with Crippen molar-refractivity contribution in [3.63, 3.8) is 0 Å². The smallest absolute Gasteiger partial charge is 0.310 e. The topological polar surface area (TPSA) is 140 Å². The van der Waals surface area contributed by atoms with Gasteiger partial charge >= 0.3 is 5.97 Å². The second-order valence-electron chi connectivity index (χ2n) is 10.7. The van der Waals surface area contributed by atoms with E-state index >= 15 is 0 Å². The molecule has 7 rings (SSSR count). The third-order valence-electron chi connectivity index (χ3n) is 8.22. The van der Waals surface area contributed by atoms with Gasteiger partial charge in [0.1, 0.15) is 6.42 Å². The van der Waals surface area contributed by atoms with Gasteiger partial charge in [-0.05, 0) is 54.2 Å². The third-order valence-corrected chi connectivity index (χ3v) is 8.22. The molecule has 2 aliphatic carbocycles. The number of hydrogen-bond acceptors (Lipinski definition) is 8. The summed E-state index contributed by atoms with van der Waals surface area (Å²) >= 11 is 0. The summed E-state index contributed by atoms with van der Waals surface area (Å²) in [6.45, 7) is 1.72. The van der Waals surface area contributed by atoms with Crippen LogP contribution in [0.25, 0.3) is 33.9 Å². The summed E-state index contributed by atoms with van der Waals surface area (Å²) in [5.74, 6) is -1.58. The molecular formula is C32H25N3O6. The summed E-state index contributed by atoms with van der Waals surface area (Å²) < 4.78 is 11.8. The van der Waals surface area contributed by atoms with Crippen LogP contribution in [0.1, 0.15) is 59.6 Å². The van der Waals surface area contributed by atoms with Gasteiger partial charge in [-0.15, -0.1) is 10.2 Å². The lowest BCUT2D eigenvalue weighted by Gasteiger charge is -2.19. The number of aryl methyl sites for hydroxylation is 1. The van der Waals surface area contributed by atoms with Crippen molar-refractivity contribution in [1.82, 2.24) is 15.4 Å². The molecule has 1 fully saturated rings. The molecule has 9 nitrogen and oxygen atoms in total. The number of aliphatic hydroxyl groups excluding tert-OH is 1. The molecule has 204 valence electrons. The molecule has 1 saturated carbocycles. The maximum Gasteiger partial charge on any atom is 0.310 e. The molecular weight excluding hydrogens is 522 g/mol. The highest BCUT2D eigenvalue weighted by molar-refractivity contribution is 6.04. The minimum atomic E-state index is -1.34. The quantitative estimate of drug-likeness (QED) is 0.237. The van der Waals surface area contributed by atoms with Crippen molar-refractivity contribution in [2.75, 3.05) is 0 Å². The first-order chi connectivity index (χ1) is 19.9. The van der Waals surface area contributed by atoms with Crippen LogP contribution in [0.5, 0.6) is 0 Å². The number of carboxylic acids is 1. The van der Waals surface area contributed by atoms with Gasteiger partial charge in [0.25, 0.3) is 0 Å². The van der Waals surface area contributed by atoms with Crippen LogP contribution in [0.15, 0.2) is 81.7 Å². The van der Waals surface area contributed by atoms with Gasteiger partial charge in [-0.2, -0.15) is 0 Å². The van der Waals surface area contributed by atoms with Gasteiger partial charge in [-0.3, -0.25) is 9.59 Å². The molecule has 2 unspecified atom stereocenters. The molecule has 5 aromatic rings. The van der Waals surface area contributed by atoms with Gasteiger partial charge in [0.2, 0.25) is 11.8 Å². The zero-order valence-corrected chi connectivity index (χ0v) is 22.1. The Morgan fingerprint density at radius 3 is 2.32 bits per heavy atom. The molecule has 2 atom stereocenters. The number of aromatic nitrogens is 3. The SMILES string of the molecule is Cc1noc(-c2c3ccc(-c4ccccc4)c2C2(CC2)C3C(=O)CC(=O)O)c1C(O)c1nnc(-c2ccccc2)o1. The monoisotopic (exact) mass is 547 g/mol. The maximum absolute atomic E-state index is 13.5. The van der Waals surface area contributed by atoms with Crippen molar-refractivity contribution < 1.29 is 28.7 Å². The van der Waals surface area contributed by atoms with Gasteiger partial charge in [-0.1, -0.05) is 65.8 Å². The minimum absolute atomic E-state index is 0.0161.